The number of pyridine rings is 1. The normalized spacial score (nSPS) is 23.3. The summed E-state index contributed by atoms with van der Waals surface area (Å²) in [5.74, 6) is 3.51. The topological polar surface area (TPSA) is 58.4 Å². The Morgan fingerprint density at radius 2 is 2.07 bits per heavy atom. The minimum Gasteiger partial charge on any atom is -0.466 e. The summed E-state index contributed by atoms with van der Waals surface area (Å²) in [6.45, 7) is 5.15. The maximum atomic E-state index is 12.3. The van der Waals surface area contributed by atoms with Crippen molar-refractivity contribution in [2.45, 2.75) is 57.5 Å². The molecule has 2 atom stereocenters. The summed E-state index contributed by atoms with van der Waals surface area (Å²) in [4.78, 5) is 19.1. The highest BCUT2D eigenvalue weighted by atomic mass is 16.3. The monoisotopic (exact) mass is 367 g/mol. The number of hydrogen-bond donors (Lipinski definition) is 1. The van der Waals surface area contributed by atoms with Crippen molar-refractivity contribution in [3.8, 4) is 0 Å². The van der Waals surface area contributed by atoms with Crippen LogP contribution in [0.1, 0.15) is 55.7 Å². The molecule has 1 saturated heterocycles. The van der Waals surface area contributed by atoms with E-state index in [1.807, 2.05) is 24.4 Å². The van der Waals surface area contributed by atoms with E-state index < -0.39 is 0 Å². The first-order valence-electron chi connectivity index (χ1n) is 10.2. The van der Waals surface area contributed by atoms with Crippen LogP contribution in [-0.4, -0.2) is 34.9 Å². The van der Waals surface area contributed by atoms with Gasteiger partial charge in [-0.25, -0.2) is 0 Å². The van der Waals surface area contributed by atoms with E-state index in [0.717, 1.165) is 55.6 Å². The molecule has 4 rings (SSSR count). The van der Waals surface area contributed by atoms with Crippen molar-refractivity contribution < 1.29 is 9.21 Å². The first-order chi connectivity index (χ1) is 13.2. The Bertz CT molecular complexity index is 750. The van der Waals surface area contributed by atoms with Crippen LogP contribution < -0.4 is 5.32 Å². The summed E-state index contributed by atoms with van der Waals surface area (Å²) in [7, 11) is 0. The van der Waals surface area contributed by atoms with Gasteiger partial charge in [-0.1, -0.05) is 13.0 Å². The van der Waals surface area contributed by atoms with Crippen molar-refractivity contribution >= 4 is 5.91 Å². The van der Waals surface area contributed by atoms with Gasteiger partial charge in [0.25, 0.3) is 0 Å². The number of likely N-dealkylation sites (tertiary alicyclic amines) is 1. The Balaban J connectivity index is 1.16. The number of carbonyl (C=O) groups excluding carboxylic acids is 1. The van der Waals surface area contributed by atoms with Crippen molar-refractivity contribution in [2.24, 2.45) is 5.92 Å². The number of nitrogens with zero attached hydrogens (tertiary/aromatic N) is 2. The minimum absolute atomic E-state index is 0.135. The molecule has 2 unspecified atom stereocenters. The van der Waals surface area contributed by atoms with Crippen molar-refractivity contribution in [2.75, 3.05) is 13.1 Å². The highest BCUT2D eigenvalue weighted by molar-refractivity contribution is 5.76. The zero-order valence-electron chi connectivity index (χ0n) is 16.1. The van der Waals surface area contributed by atoms with E-state index in [0.29, 0.717) is 18.8 Å². The highest BCUT2D eigenvalue weighted by Gasteiger charge is 2.36. The number of carbonyl (C=O) groups is 1. The Labute approximate surface area is 161 Å². The van der Waals surface area contributed by atoms with Gasteiger partial charge in [0.2, 0.25) is 5.91 Å². The van der Waals surface area contributed by atoms with Gasteiger partial charge in [0.1, 0.15) is 11.5 Å². The molecular weight excluding hydrogens is 338 g/mol. The zero-order valence-corrected chi connectivity index (χ0v) is 16.1. The zero-order chi connectivity index (χ0) is 18.6. The van der Waals surface area contributed by atoms with E-state index in [4.69, 9.17) is 4.42 Å². The van der Waals surface area contributed by atoms with Crippen molar-refractivity contribution in [3.63, 3.8) is 0 Å². The lowest BCUT2D eigenvalue weighted by Crippen LogP contribution is -2.44. The highest BCUT2D eigenvalue weighted by Crippen LogP contribution is 2.47. The number of piperidine rings is 1. The molecule has 1 aliphatic heterocycles. The summed E-state index contributed by atoms with van der Waals surface area (Å²) in [6.07, 6.45) is 6.26. The van der Waals surface area contributed by atoms with Crippen LogP contribution in [0.2, 0.25) is 0 Å². The van der Waals surface area contributed by atoms with E-state index in [-0.39, 0.29) is 11.9 Å². The van der Waals surface area contributed by atoms with Gasteiger partial charge in [0.15, 0.2) is 0 Å². The number of furan rings is 1. The largest absolute Gasteiger partial charge is 0.466 e. The van der Waals surface area contributed by atoms with Crippen LogP contribution >= 0.6 is 0 Å². The fourth-order valence-corrected chi connectivity index (χ4v) is 3.94. The standard InChI is InChI=1S/C22H29N3O2/c1-16-14-20(16)21-7-5-19(27-21)6-8-22(26)24-17-9-12-25(13-10-17)15-18-4-2-3-11-23-18/h2-5,7,11,16-17,20H,6,8-10,12-15H2,1H3,(H,24,26). The fourth-order valence-electron chi connectivity index (χ4n) is 3.94. The van der Waals surface area contributed by atoms with E-state index >= 15 is 0 Å². The van der Waals surface area contributed by atoms with Gasteiger partial charge in [-0.2, -0.15) is 0 Å². The molecule has 1 aliphatic carbocycles. The van der Waals surface area contributed by atoms with E-state index in [9.17, 15) is 4.79 Å². The van der Waals surface area contributed by atoms with E-state index in [2.05, 4.69) is 34.3 Å². The smallest absolute Gasteiger partial charge is 0.220 e. The van der Waals surface area contributed by atoms with Crippen LogP contribution in [0.5, 0.6) is 0 Å². The van der Waals surface area contributed by atoms with Gasteiger partial charge >= 0.3 is 0 Å². The molecule has 2 fully saturated rings. The molecule has 1 amide bonds. The molecule has 0 aromatic carbocycles. The van der Waals surface area contributed by atoms with Crippen LogP contribution in [0.3, 0.4) is 0 Å². The lowest BCUT2D eigenvalue weighted by Gasteiger charge is -2.32. The predicted octanol–water partition coefficient (Wildman–Crippen LogP) is 3.51. The maximum Gasteiger partial charge on any atom is 0.220 e. The summed E-state index contributed by atoms with van der Waals surface area (Å²) in [6, 6.07) is 10.4. The molecule has 2 aliphatic rings. The van der Waals surface area contributed by atoms with Gasteiger partial charge in [0, 0.05) is 50.6 Å². The summed E-state index contributed by atoms with van der Waals surface area (Å²) < 4.78 is 5.90. The quantitative estimate of drug-likeness (QED) is 0.814. The van der Waals surface area contributed by atoms with Gasteiger partial charge in [0.05, 0.1) is 5.69 Å². The molecule has 144 valence electrons. The van der Waals surface area contributed by atoms with Crippen LogP contribution in [0.15, 0.2) is 40.9 Å². The Morgan fingerprint density at radius 1 is 1.26 bits per heavy atom. The van der Waals surface area contributed by atoms with Gasteiger partial charge in [-0.05, 0) is 49.4 Å². The van der Waals surface area contributed by atoms with Crippen LogP contribution in [0, 0.1) is 5.92 Å². The molecule has 2 aromatic rings. The Hall–Kier alpha value is -2.14. The van der Waals surface area contributed by atoms with Crippen LogP contribution in [-0.2, 0) is 17.8 Å². The number of aryl methyl sites for hydroxylation is 1. The van der Waals surface area contributed by atoms with Crippen LogP contribution in [0.4, 0.5) is 0 Å². The second-order valence-electron chi connectivity index (χ2n) is 8.06. The average Bonchev–Trinajstić information content (AvgIpc) is 3.23. The average molecular weight is 367 g/mol. The SMILES string of the molecule is CC1CC1c1ccc(CCC(=O)NC2CCN(Cc3ccccn3)CC2)o1. The summed E-state index contributed by atoms with van der Waals surface area (Å²) in [5, 5.41) is 3.20. The third-order valence-electron chi connectivity index (χ3n) is 5.82. The molecule has 0 radical (unpaired) electrons. The molecule has 1 N–H and O–H groups in total. The summed E-state index contributed by atoms with van der Waals surface area (Å²) in [5.41, 5.74) is 1.11. The minimum atomic E-state index is 0.135. The molecule has 3 heterocycles. The molecule has 5 nitrogen and oxygen atoms in total. The van der Waals surface area contributed by atoms with Crippen molar-refractivity contribution in [3.05, 3.63) is 53.7 Å². The van der Waals surface area contributed by atoms with Gasteiger partial charge in [-0.15, -0.1) is 0 Å². The number of hydrogen-bond acceptors (Lipinski definition) is 4. The lowest BCUT2D eigenvalue weighted by molar-refractivity contribution is -0.122. The Morgan fingerprint density at radius 3 is 2.78 bits per heavy atom. The second-order valence-corrected chi connectivity index (χ2v) is 8.06. The lowest BCUT2D eigenvalue weighted by atomic mass is 10.0. The molecular formula is C22H29N3O2. The number of nitrogens with one attached hydrogen (secondary N) is 1. The first-order valence-corrected chi connectivity index (χ1v) is 10.2. The van der Waals surface area contributed by atoms with Gasteiger partial charge in [-0.3, -0.25) is 14.7 Å². The molecule has 27 heavy (non-hydrogen) atoms. The van der Waals surface area contributed by atoms with Gasteiger partial charge < -0.3 is 9.73 Å². The molecule has 0 bridgehead atoms. The molecule has 2 aromatic heterocycles. The molecule has 0 spiro atoms. The van der Waals surface area contributed by atoms with Crippen molar-refractivity contribution in [1.82, 2.24) is 15.2 Å². The Kier molecular flexibility index (Phi) is 5.58. The predicted molar refractivity (Wildman–Crippen MR) is 104 cm³/mol. The molecule has 5 heteroatoms. The van der Waals surface area contributed by atoms with Crippen LogP contribution in [0.25, 0.3) is 0 Å². The fraction of sp³-hybridized carbons (Fsp3) is 0.545. The molecule has 1 saturated carbocycles. The third-order valence-corrected chi connectivity index (χ3v) is 5.82. The third kappa shape index (κ3) is 4.98. The van der Waals surface area contributed by atoms with E-state index in [1.165, 1.54) is 6.42 Å². The van der Waals surface area contributed by atoms with E-state index in [1.54, 1.807) is 0 Å². The second kappa shape index (κ2) is 8.26. The van der Waals surface area contributed by atoms with Crippen molar-refractivity contribution in [1.29, 1.82) is 0 Å². The number of rotatable bonds is 7. The maximum absolute atomic E-state index is 12.3. The number of aromatic nitrogens is 1. The summed E-state index contributed by atoms with van der Waals surface area (Å²) >= 11 is 0. The number of amides is 1. The first kappa shape index (κ1) is 18.2.